The third-order valence-electron chi connectivity index (χ3n) is 2.67. The lowest BCUT2D eigenvalue weighted by Gasteiger charge is -2.04. The van der Waals surface area contributed by atoms with Gasteiger partial charge in [-0.15, -0.1) is 0 Å². The summed E-state index contributed by atoms with van der Waals surface area (Å²) >= 11 is 3.39. The number of carboxylic acids is 1. The molecule has 0 saturated heterocycles. The molecule has 1 N–H and O–H groups in total. The maximum Gasteiger partial charge on any atom is 0.307 e. The molecule has 0 radical (unpaired) electrons. The first-order valence-electron chi connectivity index (χ1n) is 4.83. The normalized spacial score (nSPS) is 10.9. The monoisotopic (exact) mass is 282 g/mol. The second-order valence-electron chi connectivity index (χ2n) is 3.70. The Morgan fingerprint density at radius 3 is 2.88 bits per heavy atom. The number of carbonyl (C=O) groups is 1. The Balaban J connectivity index is 2.77. The van der Waals surface area contributed by atoms with Gasteiger partial charge in [0.15, 0.2) is 0 Å². The van der Waals surface area contributed by atoms with E-state index in [0.29, 0.717) is 0 Å². The number of hydrogen-bond donors (Lipinski definition) is 1. The van der Waals surface area contributed by atoms with Crippen molar-refractivity contribution in [3.63, 3.8) is 0 Å². The predicted octanol–water partition coefficient (Wildman–Crippen LogP) is 2.27. The van der Waals surface area contributed by atoms with Gasteiger partial charge < -0.3 is 5.11 Å². The van der Waals surface area contributed by atoms with Crippen LogP contribution in [-0.2, 0) is 18.3 Å². The van der Waals surface area contributed by atoms with Gasteiger partial charge in [0.25, 0.3) is 0 Å². The molecule has 16 heavy (non-hydrogen) atoms. The van der Waals surface area contributed by atoms with Gasteiger partial charge in [-0.1, -0.05) is 15.9 Å². The highest BCUT2D eigenvalue weighted by molar-refractivity contribution is 9.10. The molecule has 0 aliphatic heterocycles. The van der Waals surface area contributed by atoms with Gasteiger partial charge in [0.2, 0.25) is 0 Å². The quantitative estimate of drug-likeness (QED) is 0.919. The summed E-state index contributed by atoms with van der Waals surface area (Å²) in [6.45, 7) is 1.94. The molecule has 0 aliphatic carbocycles. The van der Waals surface area contributed by atoms with Gasteiger partial charge in [0.05, 0.1) is 11.9 Å². The van der Waals surface area contributed by atoms with E-state index in [-0.39, 0.29) is 6.42 Å². The Hall–Kier alpha value is -1.36. The van der Waals surface area contributed by atoms with Gasteiger partial charge in [0.1, 0.15) is 0 Å². The molecular weight excluding hydrogens is 272 g/mol. The van der Waals surface area contributed by atoms with Gasteiger partial charge in [-0.3, -0.25) is 9.48 Å². The molecule has 2 aromatic rings. The van der Waals surface area contributed by atoms with Crippen molar-refractivity contribution < 1.29 is 9.90 Å². The molecule has 0 atom stereocenters. The predicted molar refractivity (Wildman–Crippen MR) is 64.5 cm³/mol. The molecule has 0 fully saturated rings. The third kappa shape index (κ3) is 1.71. The molecule has 0 saturated carbocycles. The SMILES string of the molecule is Cc1c2c(CC(=O)O)c(Br)ccc2nn1C. The number of fused-ring (bicyclic) bond motifs is 1. The Labute approximate surface area is 101 Å². The van der Waals surface area contributed by atoms with Gasteiger partial charge in [0, 0.05) is 22.6 Å². The van der Waals surface area contributed by atoms with Crippen LogP contribution in [0.25, 0.3) is 10.9 Å². The average Bonchev–Trinajstić information content (AvgIpc) is 2.48. The van der Waals surface area contributed by atoms with E-state index in [0.717, 1.165) is 26.6 Å². The van der Waals surface area contributed by atoms with Crippen LogP contribution in [0.1, 0.15) is 11.3 Å². The number of aryl methyl sites for hydroxylation is 2. The summed E-state index contributed by atoms with van der Waals surface area (Å²) in [6, 6.07) is 3.73. The number of nitrogens with zero attached hydrogens (tertiary/aromatic N) is 2. The molecule has 0 bridgehead atoms. The van der Waals surface area contributed by atoms with Gasteiger partial charge >= 0.3 is 5.97 Å². The summed E-state index contributed by atoms with van der Waals surface area (Å²) in [5.41, 5.74) is 2.60. The molecule has 4 nitrogen and oxygen atoms in total. The maximum absolute atomic E-state index is 10.8. The van der Waals surface area contributed by atoms with Crippen molar-refractivity contribution in [3.8, 4) is 0 Å². The fourth-order valence-electron chi connectivity index (χ4n) is 1.82. The molecular formula is C11H11BrN2O2. The first-order chi connectivity index (χ1) is 7.50. The second kappa shape index (κ2) is 3.90. The highest BCUT2D eigenvalue weighted by atomic mass is 79.9. The summed E-state index contributed by atoms with van der Waals surface area (Å²) in [4.78, 5) is 10.8. The molecule has 5 heteroatoms. The van der Waals surface area contributed by atoms with E-state index in [1.54, 1.807) is 4.68 Å². The zero-order valence-electron chi connectivity index (χ0n) is 8.99. The topological polar surface area (TPSA) is 55.1 Å². The first kappa shape index (κ1) is 11.1. The van der Waals surface area contributed by atoms with Crippen molar-refractivity contribution in [2.45, 2.75) is 13.3 Å². The molecule has 0 aliphatic rings. The smallest absolute Gasteiger partial charge is 0.307 e. The van der Waals surface area contributed by atoms with E-state index in [2.05, 4.69) is 21.0 Å². The highest BCUT2D eigenvalue weighted by Gasteiger charge is 2.14. The second-order valence-corrected chi connectivity index (χ2v) is 4.55. The minimum absolute atomic E-state index is 0.00442. The Morgan fingerprint density at radius 2 is 2.25 bits per heavy atom. The zero-order chi connectivity index (χ0) is 11.9. The van der Waals surface area contributed by atoms with Crippen molar-refractivity contribution in [3.05, 3.63) is 27.9 Å². The molecule has 2 rings (SSSR count). The van der Waals surface area contributed by atoms with E-state index >= 15 is 0 Å². The van der Waals surface area contributed by atoms with Crippen molar-refractivity contribution in [2.75, 3.05) is 0 Å². The third-order valence-corrected chi connectivity index (χ3v) is 3.41. The number of benzene rings is 1. The van der Waals surface area contributed by atoms with Gasteiger partial charge in [-0.05, 0) is 24.6 Å². The van der Waals surface area contributed by atoms with E-state index in [1.165, 1.54) is 0 Å². The maximum atomic E-state index is 10.8. The van der Waals surface area contributed by atoms with Crippen LogP contribution in [0.2, 0.25) is 0 Å². The summed E-state index contributed by atoms with van der Waals surface area (Å²) in [5, 5.41) is 14.2. The zero-order valence-corrected chi connectivity index (χ0v) is 10.6. The van der Waals surface area contributed by atoms with Gasteiger partial charge in [-0.25, -0.2) is 0 Å². The summed E-state index contributed by atoms with van der Waals surface area (Å²) in [6.07, 6.45) is 0.00442. The number of carboxylic acid groups (broad SMARTS) is 1. The average molecular weight is 283 g/mol. The summed E-state index contributed by atoms with van der Waals surface area (Å²) in [5.74, 6) is -0.837. The van der Waals surface area contributed by atoms with E-state index < -0.39 is 5.97 Å². The molecule has 0 spiro atoms. The van der Waals surface area contributed by atoms with Crippen LogP contribution in [-0.4, -0.2) is 20.9 Å². The fraction of sp³-hybridized carbons (Fsp3) is 0.273. The van der Waals surface area contributed by atoms with Crippen LogP contribution >= 0.6 is 15.9 Å². The van der Waals surface area contributed by atoms with Crippen LogP contribution < -0.4 is 0 Å². The van der Waals surface area contributed by atoms with E-state index in [4.69, 9.17) is 5.11 Å². The Kier molecular flexibility index (Phi) is 2.71. The molecule has 0 amide bonds. The van der Waals surface area contributed by atoms with E-state index in [9.17, 15) is 4.79 Å². The van der Waals surface area contributed by atoms with Crippen molar-refractivity contribution >= 4 is 32.8 Å². The molecule has 1 aromatic carbocycles. The number of aliphatic carboxylic acids is 1. The van der Waals surface area contributed by atoms with Crippen LogP contribution in [0.5, 0.6) is 0 Å². The van der Waals surface area contributed by atoms with Crippen molar-refractivity contribution in [1.29, 1.82) is 0 Å². The van der Waals surface area contributed by atoms with Crippen LogP contribution in [0, 0.1) is 6.92 Å². The lowest BCUT2D eigenvalue weighted by Crippen LogP contribution is -2.02. The standard InChI is InChI=1S/C11H11BrN2O2/c1-6-11-7(5-10(15)16)8(12)3-4-9(11)13-14(6)2/h3-4H,5H2,1-2H3,(H,15,16). The van der Waals surface area contributed by atoms with Crippen molar-refractivity contribution in [2.24, 2.45) is 7.05 Å². The minimum Gasteiger partial charge on any atom is -0.481 e. The first-order valence-corrected chi connectivity index (χ1v) is 5.62. The number of halogens is 1. The molecule has 84 valence electrons. The lowest BCUT2D eigenvalue weighted by molar-refractivity contribution is -0.136. The highest BCUT2D eigenvalue weighted by Crippen LogP contribution is 2.28. The van der Waals surface area contributed by atoms with Crippen LogP contribution in [0.15, 0.2) is 16.6 Å². The number of aromatic nitrogens is 2. The van der Waals surface area contributed by atoms with Crippen LogP contribution in [0.4, 0.5) is 0 Å². The molecule has 1 heterocycles. The summed E-state index contributed by atoms with van der Waals surface area (Å²) < 4.78 is 2.58. The fourth-order valence-corrected chi connectivity index (χ4v) is 2.29. The van der Waals surface area contributed by atoms with Gasteiger partial charge in [-0.2, -0.15) is 5.10 Å². The minimum atomic E-state index is -0.837. The lowest BCUT2D eigenvalue weighted by atomic mass is 10.1. The Bertz CT molecular complexity index is 575. The number of hydrogen-bond acceptors (Lipinski definition) is 2. The largest absolute Gasteiger partial charge is 0.481 e. The van der Waals surface area contributed by atoms with Crippen LogP contribution in [0.3, 0.4) is 0 Å². The molecule has 1 aromatic heterocycles. The number of rotatable bonds is 2. The summed E-state index contributed by atoms with van der Waals surface area (Å²) in [7, 11) is 1.85. The van der Waals surface area contributed by atoms with E-state index in [1.807, 2.05) is 26.1 Å². The Morgan fingerprint density at radius 1 is 1.56 bits per heavy atom. The molecule has 0 unspecified atom stereocenters. The van der Waals surface area contributed by atoms with Crippen molar-refractivity contribution in [1.82, 2.24) is 9.78 Å².